The number of esters is 1. The van der Waals surface area contributed by atoms with Crippen LogP contribution in [0, 0.1) is 5.92 Å². The summed E-state index contributed by atoms with van der Waals surface area (Å²) < 4.78 is 53.8. The van der Waals surface area contributed by atoms with Gasteiger partial charge in [0, 0.05) is 0 Å². The maximum Gasteiger partial charge on any atom is 0.416 e. The molecule has 0 heterocycles. The average Bonchev–Trinajstić information content (AvgIpc) is 2.77. The van der Waals surface area contributed by atoms with Gasteiger partial charge in [0.25, 0.3) is 0 Å². The zero-order valence-corrected chi connectivity index (χ0v) is 18.5. The van der Waals surface area contributed by atoms with Crippen molar-refractivity contribution in [1.82, 2.24) is 0 Å². The summed E-state index contributed by atoms with van der Waals surface area (Å²) in [5, 5.41) is 3.67. The number of hydrogen-bond donors (Lipinski definition) is 0. The van der Waals surface area contributed by atoms with E-state index in [1.807, 2.05) is 0 Å². The fourth-order valence-electron chi connectivity index (χ4n) is 2.39. The number of carbonyl (C=O) groups excluding carboxylic acids is 2. The first-order valence-electron chi connectivity index (χ1n) is 10.0. The van der Waals surface area contributed by atoms with E-state index in [1.165, 1.54) is 50.2 Å². The van der Waals surface area contributed by atoms with E-state index in [-0.39, 0.29) is 18.1 Å². The minimum Gasteiger partial charge on any atom is -0.479 e. The van der Waals surface area contributed by atoms with Crippen LogP contribution in [0.2, 0.25) is 0 Å². The van der Waals surface area contributed by atoms with Gasteiger partial charge in [-0.25, -0.2) is 4.79 Å². The predicted molar refractivity (Wildman–Crippen MR) is 113 cm³/mol. The summed E-state index contributed by atoms with van der Waals surface area (Å²) in [6, 6.07) is 10.4. The van der Waals surface area contributed by atoms with Crippen molar-refractivity contribution < 1.29 is 41.8 Å². The van der Waals surface area contributed by atoms with Crippen molar-refractivity contribution >= 4 is 17.7 Å². The fourth-order valence-corrected chi connectivity index (χ4v) is 2.39. The molecule has 0 fully saturated rings. The van der Waals surface area contributed by atoms with Crippen LogP contribution < -0.4 is 9.47 Å². The topological polar surface area (TPSA) is 83.4 Å². The lowest BCUT2D eigenvalue weighted by Gasteiger charge is -2.13. The summed E-state index contributed by atoms with van der Waals surface area (Å²) in [5.41, 5.74) is -0.492. The van der Waals surface area contributed by atoms with Crippen molar-refractivity contribution in [1.29, 1.82) is 0 Å². The molecule has 0 saturated heterocycles. The molecule has 0 N–H and O–H groups in total. The quantitative estimate of drug-likeness (QED) is 0.213. The Balaban J connectivity index is 1.90. The second-order valence-corrected chi connectivity index (χ2v) is 6.97. The van der Waals surface area contributed by atoms with Gasteiger partial charge in [0.2, 0.25) is 0 Å². The predicted octanol–water partition coefficient (Wildman–Crippen LogP) is 5.38. The molecule has 2 atom stereocenters. The second-order valence-electron chi connectivity index (χ2n) is 6.97. The van der Waals surface area contributed by atoms with Gasteiger partial charge in [0.15, 0.2) is 6.10 Å². The Morgan fingerprint density at radius 3 is 1.94 bits per heavy atom. The highest BCUT2D eigenvalue weighted by Crippen LogP contribution is 2.31. The van der Waals surface area contributed by atoms with Gasteiger partial charge in [-0.3, -0.25) is 4.79 Å². The maximum absolute atomic E-state index is 12.6. The first kappa shape index (κ1) is 25.7. The van der Waals surface area contributed by atoms with Crippen LogP contribution in [0.15, 0.2) is 53.7 Å². The molecule has 0 spiro atoms. The molecule has 0 bridgehead atoms. The van der Waals surface area contributed by atoms with Gasteiger partial charge in [-0.1, -0.05) is 5.16 Å². The summed E-state index contributed by atoms with van der Waals surface area (Å²) in [6.45, 7) is 6.50. The van der Waals surface area contributed by atoms with Gasteiger partial charge in [0.05, 0.1) is 23.8 Å². The minimum atomic E-state index is -4.42. The molecule has 2 aromatic carbocycles. The van der Waals surface area contributed by atoms with Crippen molar-refractivity contribution in [2.24, 2.45) is 11.1 Å². The second kappa shape index (κ2) is 11.3. The number of benzene rings is 2. The minimum absolute atomic E-state index is 0.231. The van der Waals surface area contributed by atoms with Crippen molar-refractivity contribution in [2.45, 2.75) is 40.0 Å². The van der Waals surface area contributed by atoms with E-state index in [9.17, 15) is 22.8 Å². The van der Waals surface area contributed by atoms with Crippen LogP contribution in [-0.4, -0.2) is 30.4 Å². The van der Waals surface area contributed by atoms with Crippen LogP contribution >= 0.6 is 0 Å². The summed E-state index contributed by atoms with van der Waals surface area (Å²) in [5.74, 6) is -0.969. The number of halogens is 3. The highest BCUT2D eigenvalue weighted by Gasteiger charge is 2.30. The van der Waals surface area contributed by atoms with Gasteiger partial charge in [0.1, 0.15) is 17.2 Å². The van der Waals surface area contributed by atoms with E-state index < -0.39 is 35.7 Å². The number of carbonyl (C=O) groups is 2. The molecule has 7 nitrogen and oxygen atoms in total. The number of ether oxygens (including phenoxy) is 3. The number of nitrogens with zero attached hydrogens (tertiary/aromatic N) is 1. The van der Waals surface area contributed by atoms with E-state index in [0.29, 0.717) is 11.5 Å². The van der Waals surface area contributed by atoms with Crippen LogP contribution in [0.1, 0.15) is 33.3 Å². The van der Waals surface area contributed by atoms with E-state index in [4.69, 9.17) is 19.0 Å². The SMILES string of the molecule is CCOC(=O)C(C)C(C)=NOC(=O)[C@@H](C)Oc1ccc(Oc2ccc(C(F)(F)F)cc2)cc1. The van der Waals surface area contributed by atoms with Crippen LogP contribution in [0.5, 0.6) is 17.2 Å². The summed E-state index contributed by atoms with van der Waals surface area (Å²) >= 11 is 0. The van der Waals surface area contributed by atoms with Crippen molar-refractivity contribution in [2.75, 3.05) is 6.61 Å². The lowest BCUT2D eigenvalue weighted by Crippen LogP contribution is -2.26. The molecule has 0 aliphatic rings. The third-order valence-corrected chi connectivity index (χ3v) is 4.43. The Kier molecular flexibility index (Phi) is 8.84. The zero-order chi connectivity index (χ0) is 24.6. The third-order valence-electron chi connectivity index (χ3n) is 4.43. The molecule has 0 aliphatic heterocycles. The maximum atomic E-state index is 12.6. The van der Waals surface area contributed by atoms with Crippen LogP contribution in [0.25, 0.3) is 0 Å². The molecular formula is C23H24F3NO6. The van der Waals surface area contributed by atoms with Crippen LogP contribution in [0.3, 0.4) is 0 Å². The molecule has 2 rings (SSSR count). The molecule has 0 aromatic heterocycles. The monoisotopic (exact) mass is 467 g/mol. The fraction of sp³-hybridized carbons (Fsp3) is 0.348. The molecule has 0 saturated carbocycles. The first-order valence-corrected chi connectivity index (χ1v) is 10.0. The molecule has 33 heavy (non-hydrogen) atoms. The molecular weight excluding hydrogens is 443 g/mol. The summed E-state index contributed by atoms with van der Waals surface area (Å²) in [6.07, 6.45) is -5.42. The standard InChI is InChI=1S/C23H24F3NO6/c1-5-30-21(28)14(2)15(3)27-33-22(29)16(4)31-18-10-12-20(13-11-18)32-19-8-6-17(7-9-19)23(24,25)26/h6-14,16H,5H2,1-4H3/t14?,16-/m1/s1. The molecule has 178 valence electrons. The molecule has 0 radical (unpaired) electrons. The van der Waals surface area contributed by atoms with E-state index >= 15 is 0 Å². The van der Waals surface area contributed by atoms with Crippen molar-refractivity contribution in [3.63, 3.8) is 0 Å². The summed E-state index contributed by atoms with van der Waals surface area (Å²) in [4.78, 5) is 28.6. The van der Waals surface area contributed by atoms with Gasteiger partial charge in [-0.05, 0) is 76.2 Å². The number of rotatable bonds is 9. The Morgan fingerprint density at radius 1 is 0.909 bits per heavy atom. The molecule has 0 amide bonds. The van der Waals surface area contributed by atoms with Gasteiger partial charge in [-0.2, -0.15) is 13.2 Å². The van der Waals surface area contributed by atoms with Crippen molar-refractivity contribution in [3.8, 4) is 17.2 Å². The highest BCUT2D eigenvalue weighted by atomic mass is 19.4. The largest absolute Gasteiger partial charge is 0.479 e. The summed E-state index contributed by atoms with van der Waals surface area (Å²) in [7, 11) is 0. The zero-order valence-electron chi connectivity index (χ0n) is 18.5. The average molecular weight is 467 g/mol. The number of hydrogen-bond acceptors (Lipinski definition) is 7. The van der Waals surface area contributed by atoms with Crippen molar-refractivity contribution in [3.05, 3.63) is 54.1 Å². The molecule has 0 aliphatic carbocycles. The normalized spacial score (nSPS) is 13.6. The first-order chi connectivity index (χ1) is 15.5. The van der Waals surface area contributed by atoms with Crippen LogP contribution in [-0.2, 0) is 25.3 Å². The van der Waals surface area contributed by atoms with Crippen LogP contribution in [0.4, 0.5) is 13.2 Å². The van der Waals surface area contributed by atoms with E-state index in [1.54, 1.807) is 13.8 Å². The van der Waals surface area contributed by atoms with Gasteiger partial charge >= 0.3 is 18.1 Å². The van der Waals surface area contributed by atoms with E-state index in [2.05, 4.69) is 5.16 Å². The lowest BCUT2D eigenvalue weighted by atomic mass is 10.1. The third kappa shape index (κ3) is 7.81. The molecule has 2 aromatic rings. The Bertz CT molecular complexity index is 971. The Hall–Kier alpha value is -3.56. The smallest absolute Gasteiger partial charge is 0.416 e. The highest BCUT2D eigenvalue weighted by molar-refractivity contribution is 6.00. The molecule has 10 heteroatoms. The lowest BCUT2D eigenvalue weighted by molar-refractivity contribution is -0.151. The number of alkyl halides is 3. The Morgan fingerprint density at radius 2 is 1.42 bits per heavy atom. The molecule has 1 unspecified atom stereocenters. The number of oxime groups is 1. The van der Waals surface area contributed by atoms with Gasteiger partial charge < -0.3 is 19.0 Å². The van der Waals surface area contributed by atoms with Gasteiger partial charge in [-0.15, -0.1) is 0 Å². The Labute approximate surface area is 189 Å². The van der Waals surface area contributed by atoms with E-state index in [0.717, 1.165) is 12.1 Å².